The van der Waals surface area contributed by atoms with Crippen LogP contribution in [0.4, 0.5) is 11.4 Å². The number of thiol groups is 1. The largest absolute Gasteiger partial charge is 0.484 e. The van der Waals surface area contributed by atoms with Crippen LogP contribution in [0.15, 0.2) is 47.4 Å². The zero-order chi connectivity index (χ0) is 16.8. The van der Waals surface area contributed by atoms with Crippen molar-refractivity contribution in [3.8, 4) is 11.8 Å². The highest BCUT2D eigenvalue weighted by atomic mass is 32.1. The number of amides is 1. The highest BCUT2D eigenvalue weighted by molar-refractivity contribution is 7.80. The Morgan fingerprint density at radius 2 is 2.00 bits per heavy atom. The standard InChI is InChI=1S/C15H11N3O4S/c16-8-10-1-4-12(5-2-10)22-9-15(19)17-13-7-11(18(20)21)3-6-14(13)23/h1-7,23H,9H2,(H,17,19). The van der Waals surface area contributed by atoms with Gasteiger partial charge >= 0.3 is 0 Å². The summed E-state index contributed by atoms with van der Waals surface area (Å²) in [5.41, 5.74) is 0.570. The monoisotopic (exact) mass is 329 g/mol. The summed E-state index contributed by atoms with van der Waals surface area (Å²) in [5.74, 6) is -0.0468. The molecular weight excluding hydrogens is 318 g/mol. The number of benzene rings is 2. The van der Waals surface area contributed by atoms with Gasteiger partial charge in [-0.3, -0.25) is 14.9 Å². The molecule has 0 heterocycles. The molecule has 0 radical (unpaired) electrons. The Balaban J connectivity index is 1.98. The minimum Gasteiger partial charge on any atom is -0.484 e. The molecule has 7 nitrogen and oxygen atoms in total. The van der Waals surface area contributed by atoms with Gasteiger partial charge in [-0.05, 0) is 30.3 Å². The van der Waals surface area contributed by atoms with Gasteiger partial charge in [0.2, 0.25) is 0 Å². The van der Waals surface area contributed by atoms with Crippen LogP contribution in [0, 0.1) is 21.4 Å². The van der Waals surface area contributed by atoms with Crippen molar-refractivity contribution in [2.24, 2.45) is 0 Å². The van der Waals surface area contributed by atoms with E-state index in [-0.39, 0.29) is 18.0 Å². The molecule has 2 rings (SSSR count). The molecule has 0 atom stereocenters. The van der Waals surface area contributed by atoms with E-state index < -0.39 is 10.8 Å². The maximum absolute atomic E-state index is 11.8. The number of nitro benzene ring substituents is 1. The molecule has 2 aromatic rings. The molecule has 0 aliphatic carbocycles. The molecule has 0 fully saturated rings. The van der Waals surface area contributed by atoms with Crippen LogP contribution in [0.3, 0.4) is 0 Å². The van der Waals surface area contributed by atoms with Crippen molar-refractivity contribution in [3.05, 3.63) is 58.1 Å². The van der Waals surface area contributed by atoms with Gasteiger partial charge < -0.3 is 10.1 Å². The van der Waals surface area contributed by atoms with Gasteiger partial charge in [-0.25, -0.2) is 0 Å². The van der Waals surface area contributed by atoms with Crippen molar-refractivity contribution in [2.45, 2.75) is 4.90 Å². The fourth-order valence-corrected chi connectivity index (χ4v) is 1.89. The van der Waals surface area contributed by atoms with Crippen LogP contribution < -0.4 is 10.1 Å². The van der Waals surface area contributed by atoms with Gasteiger partial charge in [0, 0.05) is 17.0 Å². The molecule has 2 aromatic carbocycles. The second-order valence-electron chi connectivity index (χ2n) is 4.43. The van der Waals surface area contributed by atoms with Crippen LogP contribution in [-0.2, 0) is 4.79 Å². The van der Waals surface area contributed by atoms with E-state index in [1.807, 2.05) is 6.07 Å². The van der Waals surface area contributed by atoms with Crippen molar-refractivity contribution < 1.29 is 14.5 Å². The van der Waals surface area contributed by atoms with Crippen LogP contribution in [0.25, 0.3) is 0 Å². The van der Waals surface area contributed by atoms with E-state index in [2.05, 4.69) is 17.9 Å². The highest BCUT2D eigenvalue weighted by Crippen LogP contribution is 2.25. The van der Waals surface area contributed by atoms with E-state index in [1.54, 1.807) is 24.3 Å². The second-order valence-corrected chi connectivity index (χ2v) is 4.91. The Morgan fingerprint density at radius 1 is 1.30 bits per heavy atom. The van der Waals surface area contributed by atoms with Gasteiger partial charge in [-0.2, -0.15) is 5.26 Å². The van der Waals surface area contributed by atoms with Gasteiger partial charge in [0.1, 0.15) is 5.75 Å². The van der Waals surface area contributed by atoms with Crippen molar-refractivity contribution in [1.29, 1.82) is 5.26 Å². The number of ether oxygens (including phenoxy) is 1. The molecule has 23 heavy (non-hydrogen) atoms. The number of nitro groups is 1. The molecule has 116 valence electrons. The number of rotatable bonds is 5. The normalized spacial score (nSPS) is 9.74. The maximum Gasteiger partial charge on any atom is 0.271 e. The fraction of sp³-hybridized carbons (Fsp3) is 0.0667. The molecule has 0 aliphatic rings. The number of hydrogen-bond acceptors (Lipinski definition) is 6. The van der Waals surface area contributed by atoms with Gasteiger partial charge in [-0.1, -0.05) is 0 Å². The molecule has 0 saturated carbocycles. The first kappa shape index (κ1) is 16.3. The van der Waals surface area contributed by atoms with E-state index in [4.69, 9.17) is 10.00 Å². The molecule has 0 saturated heterocycles. The SMILES string of the molecule is N#Cc1ccc(OCC(=O)Nc2cc([N+](=O)[O-])ccc2S)cc1. The first-order valence-electron chi connectivity index (χ1n) is 6.40. The zero-order valence-corrected chi connectivity index (χ0v) is 12.6. The number of nitrogens with one attached hydrogen (secondary N) is 1. The molecule has 0 aliphatic heterocycles. The van der Waals surface area contributed by atoms with Crippen molar-refractivity contribution >= 4 is 29.9 Å². The van der Waals surface area contributed by atoms with E-state index in [1.165, 1.54) is 18.2 Å². The summed E-state index contributed by atoms with van der Waals surface area (Å²) in [4.78, 5) is 22.4. The van der Waals surface area contributed by atoms with Gasteiger partial charge in [0.05, 0.1) is 22.2 Å². The summed E-state index contributed by atoms with van der Waals surface area (Å²) >= 11 is 4.14. The first-order chi connectivity index (χ1) is 11.0. The lowest BCUT2D eigenvalue weighted by Crippen LogP contribution is -2.20. The summed E-state index contributed by atoms with van der Waals surface area (Å²) in [6.45, 7) is -0.276. The van der Waals surface area contributed by atoms with Crippen LogP contribution in [0.2, 0.25) is 0 Å². The Kier molecular flexibility index (Phi) is 5.17. The van der Waals surface area contributed by atoms with Gasteiger partial charge in [-0.15, -0.1) is 12.6 Å². The molecule has 0 bridgehead atoms. The molecule has 1 N–H and O–H groups in total. The predicted molar refractivity (Wildman–Crippen MR) is 85.6 cm³/mol. The maximum atomic E-state index is 11.8. The fourth-order valence-electron chi connectivity index (χ4n) is 1.70. The summed E-state index contributed by atoms with van der Waals surface area (Å²) < 4.78 is 5.28. The van der Waals surface area contributed by atoms with E-state index in [0.717, 1.165) is 0 Å². The minimum atomic E-state index is -0.559. The van der Waals surface area contributed by atoms with E-state index >= 15 is 0 Å². The number of carbonyl (C=O) groups is 1. The molecule has 0 spiro atoms. The summed E-state index contributed by atoms with van der Waals surface area (Å²) in [6.07, 6.45) is 0. The lowest BCUT2D eigenvalue weighted by Gasteiger charge is -2.09. The Bertz CT molecular complexity index is 784. The molecule has 0 aromatic heterocycles. The number of nitrogens with zero attached hydrogens (tertiary/aromatic N) is 2. The van der Waals surface area contributed by atoms with Gasteiger partial charge in [0.25, 0.3) is 11.6 Å². The number of hydrogen-bond donors (Lipinski definition) is 2. The minimum absolute atomic E-state index is 0.147. The number of non-ortho nitro benzene ring substituents is 1. The molecular formula is C15H11N3O4S. The van der Waals surface area contributed by atoms with Crippen molar-refractivity contribution in [2.75, 3.05) is 11.9 Å². The average Bonchev–Trinajstić information content (AvgIpc) is 2.55. The second kappa shape index (κ2) is 7.29. The topological polar surface area (TPSA) is 105 Å². The van der Waals surface area contributed by atoms with E-state index in [0.29, 0.717) is 16.2 Å². The Morgan fingerprint density at radius 3 is 2.61 bits per heavy atom. The third kappa shape index (κ3) is 4.46. The molecule has 0 unspecified atom stereocenters. The Hall–Kier alpha value is -3.05. The Labute approximate surface area is 137 Å². The summed E-state index contributed by atoms with van der Waals surface area (Å²) in [7, 11) is 0. The van der Waals surface area contributed by atoms with Gasteiger partial charge in [0.15, 0.2) is 6.61 Å². The number of carbonyl (C=O) groups excluding carboxylic acids is 1. The van der Waals surface area contributed by atoms with Crippen LogP contribution in [-0.4, -0.2) is 17.4 Å². The zero-order valence-electron chi connectivity index (χ0n) is 11.7. The molecule has 8 heteroatoms. The quantitative estimate of drug-likeness (QED) is 0.498. The van der Waals surface area contributed by atoms with Crippen molar-refractivity contribution in [3.63, 3.8) is 0 Å². The number of nitriles is 1. The third-order valence-corrected chi connectivity index (χ3v) is 3.21. The van der Waals surface area contributed by atoms with E-state index in [9.17, 15) is 14.9 Å². The van der Waals surface area contributed by atoms with Crippen LogP contribution in [0.5, 0.6) is 5.75 Å². The highest BCUT2D eigenvalue weighted by Gasteiger charge is 2.12. The first-order valence-corrected chi connectivity index (χ1v) is 6.84. The average molecular weight is 329 g/mol. The van der Waals surface area contributed by atoms with Crippen molar-refractivity contribution in [1.82, 2.24) is 0 Å². The van der Waals surface area contributed by atoms with Crippen LogP contribution in [0.1, 0.15) is 5.56 Å². The lowest BCUT2D eigenvalue weighted by atomic mass is 10.2. The third-order valence-electron chi connectivity index (χ3n) is 2.82. The number of anilines is 1. The smallest absolute Gasteiger partial charge is 0.271 e. The van der Waals surface area contributed by atoms with Crippen LogP contribution >= 0.6 is 12.6 Å². The summed E-state index contributed by atoms with van der Waals surface area (Å²) in [5, 5.41) is 21.9. The predicted octanol–water partition coefficient (Wildman–Crippen LogP) is 2.77. The molecule has 1 amide bonds. The summed E-state index contributed by atoms with van der Waals surface area (Å²) in [6, 6.07) is 12.2. The lowest BCUT2D eigenvalue weighted by molar-refractivity contribution is -0.384.